The van der Waals surface area contributed by atoms with Crippen molar-refractivity contribution >= 4 is 15.8 Å². The third-order valence-corrected chi connectivity index (χ3v) is 6.62. The smallest absolute Gasteiger partial charge is 0.263 e. The minimum atomic E-state index is -4.06. The van der Waals surface area contributed by atoms with E-state index in [1.807, 2.05) is 20.8 Å². The van der Waals surface area contributed by atoms with E-state index in [9.17, 15) is 13.5 Å². The van der Waals surface area contributed by atoms with Gasteiger partial charge in [-0.1, -0.05) is 39.0 Å². The van der Waals surface area contributed by atoms with Gasteiger partial charge in [0.2, 0.25) is 5.75 Å². The van der Waals surface area contributed by atoms with Crippen molar-refractivity contribution < 1.29 is 32.5 Å². The number of benzene rings is 2. The van der Waals surface area contributed by atoms with Crippen molar-refractivity contribution in [3.8, 4) is 23.1 Å². The minimum absolute atomic E-state index is 0.0289. The minimum Gasteiger partial charge on any atom is -0.497 e. The summed E-state index contributed by atoms with van der Waals surface area (Å²) in [6.07, 6.45) is 0.292. The van der Waals surface area contributed by atoms with Crippen LogP contribution in [0.15, 0.2) is 53.4 Å². The zero-order valence-electron chi connectivity index (χ0n) is 21.6. The number of methoxy groups -OCH3 is 2. The summed E-state index contributed by atoms with van der Waals surface area (Å²) in [7, 11) is -1.00. The van der Waals surface area contributed by atoms with E-state index < -0.39 is 10.0 Å². The van der Waals surface area contributed by atoms with E-state index in [2.05, 4.69) is 14.7 Å². The molecule has 0 amide bonds. The predicted molar refractivity (Wildman–Crippen MR) is 139 cm³/mol. The summed E-state index contributed by atoms with van der Waals surface area (Å²) < 4.78 is 51.3. The molecule has 0 bridgehead atoms. The Morgan fingerprint density at radius 1 is 0.973 bits per heavy atom. The van der Waals surface area contributed by atoms with Gasteiger partial charge in [0.05, 0.1) is 25.2 Å². The van der Waals surface area contributed by atoms with Crippen LogP contribution >= 0.6 is 0 Å². The van der Waals surface area contributed by atoms with Crippen molar-refractivity contribution in [1.82, 2.24) is 9.97 Å². The van der Waals surface area contributed by atoms with Crippen molar-refractivity contribution in [2.24, 2.45) is 0 Å². The van der Waals surface area contributed by atoms with Crippen LogP contribution in [0.25, 0.3) is 0 Å². The number of hydrogen-bond donors (Lipinski definition) is 2. The summed E-state index contributed by atoms with van der Waals surface area (Å²) in [5.74, 6) is 0.951. The molecule has 1 aromatic heterocycles. The lowest BCUT2D eigenvalue weighted by atomic mass is 9.87. The molecule has 0 spiro atoms. The Kier molecular flexibility index (Phi) is 9.30. The first kappa shape index (κ1) is 28.2. The second-order valence-corrected chi connectivity index (χ2v) is 10.8. The topological polar surface area (TPSA) is 129 Å². The number of anilines is 1. The van der Waals surface area contributed by atoms with E-state index >= 15 is 0 Å². The van der Waals surface area contributed by atoms with Crippen LogP contribution in [0.5, 0.6) is 23.1 Å². The Bertz CT molecular complexity index is 1290. The lowest BCUT2D eigenvalue weighted by Crippen LogP contribution is -2.18. The molecule has 3 aromatic rings. The number of ether oxygens (including phenoxy) is 4. The van der Waals surface area contributed by atoms with Gasteiger partial charge in [0.25, 0.3) is 15.9 Å². The molecule has 0 aliphatic carbocycles. The number of nitrogens with one attached hydrogen (secondary N) is 1. The van der Waals surface area contributed by atoms with Gasteiger partial charge in [0.1, 0.15) is 23.9 Å². The molecular weight excluding hydrogens is 498 g/mol. The van der Waals surface area contributed by atoms with Crippen molar-refractivity contribution in [3.63, 3.8) is 0 Å². The highest BCUT2D eigenvalue weighted by Crippen LogP contribution is 2.38. The van der Waals surface area contributed by atoms with Crippen LogP contribution in [-0.4, -0.2) is 57.5 Å². The van der Waals surface area contributed by atoms with E-state index in [4.69, 9.17) is 18.9 Å². The van der Waals surface area contributed by atoms with E-state index in [1.165, 1.54) is 14.2 Å². The molecule has 0 saturated heterocycles. The number of aliphatic hydroxyl groups is 1. The highest BCUT2D eigenvalue weighted by atomic mass is 32.2. The first-order valence-corrected chi connectivity index (χ1v) is 13.1. The SMILES string of the molecule is COCCc1nc(NS(=O)(=O)c2ccc(C(C)(C)C)cc2)c(Oc2cccc(OC)c2)c(OCCO)n1. The molecule has 1 heterocycles. The van der Waals surface area contributed by atoms with Crippen LogP contribution in [0.1, 0.15) is 32.2 Å². The quantitative estimate of drug-likeness (QED) is 0.357. The summed E-state index contributed by atoms with van der Waals surface area (Å²) in [4.78, 5) is 8.84. The van der Waals surface area contributed by atoms with Crippen LogP contribution in [0.3, 0.4) is 0 Å². The molecule has 2 aromatic carbocycles. The second-order valence-electron chi connectivity index (χ2n) is 9.10. The molecule has 37 heavy (non-hydrogen) atoms. The lowest BCUT2D eigenvalue weighted by Gasteiger charge is -2.20. The van der Waals surface area contributed by atoms with Gasteiger partial charge in [-0.15, -0.1) is 0 Å². The van der Waals surface area contributed by atoms with E-state index in [0.717, 1.165) is 5.56 Å². The Morgan fingerprint density at radius 3 is 2.30 bits per heavy atom. The molecule has 3 rings (SSSR count). The summed E-state index contributed by atoms with van der Waals surface area (Å²) >= 11 is 0. The molecule has 0 atom stereocenters. The predicted octanol–water partition coefficient (Wildman–Crippen LogP) is 3.94. The van der Waals surface area contributed by atoms with Gasteiger partial charge in [-0.3, -0.25) is 4.72 Å². The van der Waals surface area contributed by atoms with E-state index in [1.54, 1.807) is 48.5 Å². The Labute approximate surface area is 217 Å². The zero-order chi connectivity index (χ0) is 27.1. The van der Waals surface area contributed by atoms with Crippen molar-refractivity contribution in [2.45, 2.75) is 37.5 Å². The number of aliphatic hydroxyl groups excluding tert-OH is 1. The monoisotopic (exact) mass is 531 g/mol. The van der Waals surface area contributed by atoms with Crippen molar-refractivity contribution in [3.05, 3.63) is 59.9 Å². The summed E-state index contributed by atoms with van der Waals surface area (Å²) in [5.41, 5.74) is 0.868. The molecule has 0 aliphatic rings. The molecule has 10 nitrogen and oxygen atoms in total. The standard InChI is InChI=1S/C26H33N3O7S/c1-26(2,3)18-9-11-21(12-10-18)37(31,32)29-24-23(36-20-8-6-7-19(17-20)34-5)25(35-16-14-30)28-22(27-24)13-15-33-4/h6-12,17,30H,13-16H2,1-5H3,(H,27,28,29). The van der Waals surface area contributed by atoms with Crippen molar-refractivity contribution in [1.29, 1.82) is 0 Å². The molecule has 0 saturated carbocycles. The summed E-state index contributed by atoms with van der Waals surface area (Å²) in [6.45, 7) is 6.08. The molecular formula is C26H33N3O7S. The average Bonchev–Trinajstić information content (AvgIpc) is 2.87. The van der Waals surface area contributed by atoms with E-state index in [0.29, 0.717) is 24.5 Å². The van der Waals surface area contributed by atoms with Crippen LogP contribution in [0.4, 0.5) is 5.82 Å². The Balaban J connectivity index is 2.08. The number of rotatable bonds is 12. The van der Waals surface area contributed by atoms with Gasteiger partial charge < -0.3 is 24.1 Å². The second kappa shape index (κ2) is 12.2. The van der Waals surface area contributed by atoms with Gasteiger partial charge in [0.15, 0.2) is 5.82 Å². The highest BCUT2D eigenvalue weighted by Gasteiger charge is 2.25. The fourth-order valence-corrected chi connectivity index (χ4v) is 4.29. The van der Waals surface area contributed by atoms with Gasteiger partial charge in [-0.2, -0.15) is 4.98 Å². The largest absolute Gasteiger partial charge is 0.497 e. The maximum atomic E-state index is 13.4. The number of aromatic nitrogens is 2. The van der Waals surface area contributed by atoms with E-state index in [-0.39, 0.29) is 46.8 Å². The first-order valence-electron chi connectivity index (χ1n) is 11.7. The third kappa shape index (κ3) is 7.54. The van der Waals surface area contributed by atoms with Gasteiger partial charge in [0, 0.05) is 19.6 Å². The first-order chi connectivity index (χ1) is 17.6. The molecule has 200 valence electrons. The van der Waals surface area contributed by atoms with Gasteiger partial charge in [-0.05, 0) is 35.2 Å². The number of sulfonamides is 1. The zero-order valence-corrected chi connectivity index (χ0v) is 22.5. The van der Waals surface area contributed by atoms with Crippen LogP contribution in [-0.2, 0) is 26.6 Å². The maximum absolute atomic E-state index is 13.4. The van der Waals surface area contributed by atoms with Crippen LogP contribution in [0, 0.1) is 0 Å². The number of nitrogens with zero attached hydrogens (tertiary/aromatic N) is 2. The van der Waals surface area contributed by atoms with Gasteiger partial charge in [-0.25, -0.2) is 13.4 Å². The molecule has 0 fully saturated rings. The molecule has 0 aliphatic heterocycles. The summed E-state index contributed by atoms with van der Waals surface area (Å²) in [5, 5.41) is 9.31. The number of hydrogen-bond acceptors (Lipinski definition) is 9. The lowest BCUT2D eigenvalue weighted by molar-refractivity contribution is 0.189. The molecule has 0 unspecified atom stereocenters. The molecule has 11 heteroatoms. The molecule has 2 N–H and O–H groups in total. The normalized spacial score (nSPS) is 11.7. The fraction of sp³-hybridized carbons (Fsp3) is 0.385. The Hall–Kier alpha value is -3.41. The molecule has 0 radical (unpaired) electrons. The van der Waals surface area contributed by atoms with Gasteiger partial charge >= 0.3 is 0 Å². The maximum Gasteiger partial charge on any atom is 0.263 e. The highest BCUT2D eigenvalue weighted by molar-refractivity contribution is 7.92. The average molecular weight is 532 g/mol. The fourth-order valence-electron chi connectivity index (χ4n) is 3.28. The Morgan fingerprint density at radius 2 is 1.68 bits per heavy atom. The van der Waals surface area contributed by atoms with Crippen LogP contribution in [0.2, 0.25) is 0 Å². The summed E-state index contributed by atoms with van der Waals surface area (Å²) in [6, 6.07) is 13.4. The third-order valence-electron chi connectivity index (χ3n) is 5.26. The van der Waals surface area contributed by atoms with Crippen LogP contribution < -0.4 is 18.9 Å². The van der Waals surface area contributed by atoms with Crippen molar-refractivity contribution in [2.75, 3.05) is 38.8 Å².